The zero-order chi connectivity index (χ0) is 20.0. The molecule has 0 bridgehead atoms. The second kappa shape index (κ2) is 10.9. The predicted octanol–water partition coefficient (Wildman–Crippen LogP) is 2.74. The summed E-state index contributed by atoms with van der Waals surface area (Å²) in [6.07, 6.45) is 2.92. The Labute approximate surface area is 195 Å². The molecule has 0 heterocycles. The van der Waals surface area contributed by atoms with Crippen LogP contribution in [-0.2, 0) is 10.1 Å². The molecule has 0 aliphatic rings. The van der Waals surface area contributed by atoms with E-state index in [-0.39, 0.29) is 34.5 Å². The van der Waals surface area contributed by atoms with Crippen LogP contribution >= 0.6 is 0 Å². The molecule has 0 N–H and O–H groups in total. The molecule has 3 nitrogen and oxygen atoms in total. The Balaban J connectivity index is 0.00000300. The number of rotatable bonds is 7. The van der Waals surface area contributed by atoms with Gasteiger partial charge in [0.2, 0.25) is 0 Å². The van der Waals surface area contributed by atoms with Crippen LogP contribution in [0.1, 0.15) is 42.9 Å². The number of hydrogen-bond donors (Lipinski definition) is 0. The monoisotopic (exact) mass is 414 g/mol. The molecule has 0 aliphatic carbocycles. The first-order valence-corrected chi connectivity index (χ1v) is 10.8. The molecule has 29 heavy (non-hydrogen) atoms. The van der Waals surface area contributed by atoms with Gasteiger partial charge in [-0.15, -0.1) is 0 Å². The van der Waals surface area contributed by atoms with Gasteiger partial charge in [0.15, 0.2) is 0 Å². The molecule has 0 aromatic heterocycles. The molecule has 0 atom stereocenters. The third-order valence-corrected chi connectivity index (χ3v) is 5.55. The van der Waals surface area contributed by atoms with Crippen molar-refractivity contribution in [3.8, 4) is 0 Å². The molecule has 0 spiro atoms. The third kappa shape index (κ3) is 6.14. The van der Waals surface area contributed by atoms with E-state index < -0.39 is 10.1 Å². The van der Waals surface area contributed by atoms with Crippen LogP contribution in [0.15, 0.2) is 89.8 Å². The van der Waals surface area contributed by atoms with Crippen molar-refractivity contribution in [2.24, 2.45) is 0 Å². The normalized spacial score (nSPS) is 10.8. The van der Waals surface area contributed by atoms with Crippen molar-refractivity contribution < 1.29 is 42.5 Å². The molecule has 0 unspecified atom stereocenters. The maximum Gasteiger partial charge on any atom is 1.00 e. The molecule has 0 fully saturated rings. The molecule has 0 aliphatic heterocycles. The van der Waals surface area contributed by atoms with Crippen molar-refractivity contribution in [2.45, 2.75) is 31.1 Å². The van der Waals surface area contributed by atoms with Gasteiger partial charge in [-0.3, -0.25) is 0 Å². The van der Waals surface area contributed by atoms with E-state index in [0.717, 1.165) is 47.1 Å². The Morgan fingerprint density at radius 1 is 0.759 bits per heavy atom. The average molecular weight is 415 g/mol. The average Bonchev–Trinajstić information content (AvgIpc) is 2.72. The summed E-state index contributed by atoms with van der Waals surface area (Å²) in [6, 6.07) is 26.7. The van der Waals surface area contributed by atoms with Gasteiger partial charge in [0.1, 0.15) is 10.1 Å². The topological polar surface area (TPSA) is 57.2 Å². The Bertz CT molecular complexity index is 1000. The Hall–Kier alpha value is -1.69. The summed E-state index contributed by atoms with van der Waals surface area (Å²) in [5.41, 5.74) is 5.44. The first-order chi connectivity index (χ1) is 13.5. The Morgan fingerprint density at radius 3 is 1.66 bits per heavy atom. The van der Waals surface area contributed by atoms with Gasteiger partial charge in [0.05, 0.1) is 4.90 Å². The molecular weight excluding hydrogens is 391 g/mol. The minimum Gasteiger partial charge on any atom is -0.744 e. The molecular formula is C24H23NaO3S. The second-order valence-electron chi connectivity index (χ2n) is 6.67. The van der Waals surface area contributed by atoms with Crippen LogP contribution in [0, 0.1) is 0 Å². The van der Waals surface area contributed by atoms with E-state index in [9.17, 15) is 13.0 Å². The zero-order valence-electron chi connectivity index (χ0n) is 16.8. The quantitative estimate of drug-likeness (QED) is 0.339. The van der Waals surface area contributed by atoms with Crippen LogP contribution in [0.5, 0.6) is 0 Å². The van der Waals surface area contributed by atoms with Gasteiger partial charge >= 0.3 is 29.6 Å². The fourth-order valence-electron chi connectivity index (χ4n) is 3.31. The van der Waals surface area contributed by atoms with Crippen molar-refractivity contribution in [2.75, 3.05) is 0 Å². The summed E-state index contributed by atoms with van der Waals surface area (Å²) in [6.45, 7) is 2.15. The first-order valence-electron chi connectivity index (χ1n) is 9.41. The summed E-state index contributed by atoms with van der Waals surface area (Å²) < 4.78 is 33.9. The van der Waals surface area contributed by atoms with E-state index in [1.807, 2.05) is 36.4 Å². The van der Waals surface area contributed by atoms with Crippen LogP contribution < -0.4 is 29.6 Å². The standard InChI is InChI=1S/C24H24O3S.Na/c1-2-3-14-23(19-15-17-22(18-16-19)28(25,26)27)24(20-10-6-4-7-11-20)21-12-8-5-9-13-21;/h4-13,15-18H,2-3,14H2,1H3,(H,25,26,27);/q;+1/p-1. The van der Waals surface area contributed by atoms with E-state index in [1.165, 1.54) is 12.1 Å². The molecule has 0 amide bonds. The van der Waals surface area contributed by atoms with Gasteiger partial charge in [-0.2, -0.15) is 0 Å². The Kier molecular flexibility index (Phi) is 8.87. The van der Waals surface area contributed by atoms with Crippen LogP contribution in [0.2, 0.25) is 0 Å². The zero-order valence-corrected chi connectivity index (χ0v) is 19.7. The van der Waals surface area contributed by atoms with Gasteiger partial charge in [-0.05, 0) is 52.8 Å². The van der Waals surface area contributed by atoms with Crippen molar-refractivity contribution in [1.82, 2.24) is 0 Å². The van der Waals surface area contributed by atoms with Crippen LogP contribution in [0.25, 0.3) is 11.1 Å². The summed E-state index contributed by atoms with van der Waals surface area (Å²) in [5.74, 6) is 0. The van der Waals surface area contributed by atoms with Gasteiger partial charge < -0.3 is 4.55 Å². The molecule has 144 valence electrons. The van der Waals surface area contributed by atoms with E-state index in [4.69, 9.17) is 0 Å². The van der Waals surface area contributed by atoms with Crippen molar-refractivity contribution >= 4 is 21.3 Å². The van der Waals surface area contributed by atoms with Gasteiger partial charge in [-0.25, -0.2) is 8.42 Å². The molecule has 3 aromatic carbocycles. The fraction of sp³-hybridized carbons (Fsp3) is 0.167. The minimum absolute atomic E-state index is 0. The van der Waals surface area contributed by atoms with E-state index in [1.54, 1.807) is 12.1 Å². The summed E-state index contributed by atoms with van der Waals surface area (Å²) in [4.78, 5) is -0.202. The van der Waals surface area contributed by atoms with Gasteiger partial charge in [0, 0.05) is 0 Å². The number of hydrogen-bond acceptors (Lipinski definition) is 3. The fourth-order valence-corrected chi connectivity index (χ4v) is 3.78. The SMILES string of the molecule is CCCCC(=C(c1ccccc1)c1ccccc1)c1ccc(S(=O)(=O)[O-])cc1.[Na+]. The van der Waals surface area contributed by atoms with Crippen molar-refractivity contribution in [3.63, 3.8) is 0 Å². The van der Waals surface area contributed by atoms with E-state index in [2.05, 4.69) is 31.2 Å². The second-order valence-corrected chi connectivity index (χ2v) is 8.05. The number of allylic oxidation sites excluding steroid dienone is 1. The number of unbranched alkanes of at least 4 members (excludes halogenated alkanes) is 1. The Morgan fingerprint density at radius 2 is 1.24 bits per heavy atom. The summed E-state index contributed by atoms with van der Waals surface area (Å²) >= 11 is 0. The summed E-state index contributed by atoms with van der Waals surface area (Å²) in [5, 5.41) is 0. The summed E-state index contributed by atoms with van der Waals surface area (Å²) in [7, 11) is -4.45. The molecule has 3 rings (SSSR count). The maximum absolute atomic E-state index is 11.3. The third-order valence-electron chi connectivity index (χ3n) is 4.70. The van der Waals surface area contributed by atoms with Gasteiger partial charge in [0.25, 0.3) is 0 Å². The minimum atomic E-state index is -4.45. The van der Waals surface area contributed by atoms with E-state index >= 15 is 0 Å². The maximum atomic E-state index is 11.3. The van der Waals surface area contributed by atoms with E-state index in [0.29, 0.717) is 0 Å². The first kappa shape index (κ1) is 23.6. The van der Waals surface area contributed by atoms with Gasteiger partial charge in [-0.1, -0.05) is 86.1 Å². The van der Waals surface area contributed by atoms with Crippen LogP contribution in [0.3, 0.4) is 0 Å². The molecule has 3 aromatic rings. The smallest absolute Gasteiger partial charge is 0.744 e. The molecule has 0 saturated heterocycles. The van der Waals surface area contributed by atoms with Crippen LogP contribution in [-0.4, -0.2) is 13.0 Å². The largest absolute Gasteiger partial charge is 1.00 e. The molecule has 0 radical (unpaired) electrons. The molecule has 0 saturated carbocycles. The predicted molar refractivity (Wildman–Crippen MR) is 113 cm³/mol. The number of benzene rings is 3. The van der Waals surface area contributed by atoms with Crippen molar-refractivity contribution in [3.05, 3.63) is 102 Å². The van der Waals surface area contributed by atoms with Crippen molar-refractivity contribution in [1.29, 1.82) is 0 Å². The van der Waals surface area contributed by atoms with Crippen LogP contribution in [0.4, 0.5) is 0 Å². The molecule has 5 heteroatoms.